The zero-order chi connectivity index (χ0) is 19.0. The molecule has 0 unspecified atom stereocenters. The van der Waals surface area contributed by atoms with Crippen LogP contribution in [-0.2, 0) is 0 Å². The van der Waals surface area contributed by atoms with Gasteiger partial charge in [0.05, 0.1) is 6.61 Å². The van der Waals surface area contributed by atoms with Crippen molar-refractivity contribution < 1.29 is 10.2 Å². The number of aryl methyl sites for hydroxylation is 1. The fourth-order valence-electron chi connectivity index (χ4n) is 5.30. The van der Waals surface area contributed by atoms with Crippen molar-refractivity contribution >= 4 is 0 Å². The highest BCUT2D eigenvalue weighted by Crippen LogP contribution is 2.48. The lowest BCUT2D eigenvalue weighted by Crippen LogP contribution is -2.51. The minimum absolute atomic E-state index is 0.0660. The van der Waals surface area contributed by atoms with Gasteiger partial charge in [-0.3, -0.25) is 0 Å². The molecule has 2 aliphatic heterocycles. The van der Waals surface area contributed by atoms with Gasteiger partial charge in [0.1, 0.15) is 0 Å². The lowest BCUT2D eigenvalue weighted by molar-refractivity contribution is 0.0993. The smallest absolute Gasteiger partial charge is 0.0617 e. The van der Waals surface area contributed by atoms with Crippen molar-refractivity contribution in [3.8, 4) is 11.1 Å². The van der Waals surface area contributed by atoms with Crippen molar-refractivity contribution in [1.82, 2.24) is 10.2 Å². The Morgan fingerprint density at radius 1 is 1.11 bits per heavy atom. The molecule has 0 spiro atoms. The standard InChI is InChI=1S/C23H30N2O2/c1-16-6-3-4-9-19(16)17-7-5-8-18(12-17)22-20-13-25(2)14-21(20)23(15-27,24-22)10-11-26/h3-9,12,20-22,24,26-27H,10-11,13-15H2,1-2H3/t20-,21+,22-,23+/m1/s1. The molecule has 27 heavy (non-hydrogen) atoms. The van der Waals surface area contributed by atoms with Crippen LogP contribution in [0.25, 0.3) is 11.1 Å². The topological polar surface area (TPSA) is 55.7 Å². The summed E-state index contributed by atoms with van der Waals surface area (Å²) in [7, 11) is 2.15. The molecule has 2 fully saturated rings. The molecule has 0 bridgehead atoms. The van der Waals surface area contributed by atoms with E-state index in [1.807, 2.05) is 0 Å². The molecule has 2 aliphatic rings. The number of aliphatic hydroxyl groups excluding tert-OH is 2. The summed E-state index contributed by atoms with van der Waals surface area (Å²) < 4.78 is 0. The minimum Gasteiger partial charge on any atom is -0.396 e. The molecule has 3 N–H and O–H groups in total. The van der Waals surface area contributed by atoms with Crippen LogP contribution in [0.5, 0.6) is 0 Å². The lowest BCUT2D eigenvalue weighted by atomic mass is 9.78. The zero-order valence-corrected chi connectivity index (χ0v) is 16.2. The molecule has 2 aromatic carbocycles. The zero-order valence-electron chi connectivity index (χ0n) is 16.2. The van der Waals surface area contributed by atoms with Crippen molar-refractivity contribution in [2.45, 2.75) is 24.9 Å². The largest absolute Gasteiger partial charge is 0.396 e. The molecule has 0 saturated carbocycles. The quantitative estimate of drug-likeness (QED) is 0.761. The monoisotopic (exact) mass is 366 g/mol. The van der Waals surface area contributed by atoms with E-state index in [2.05, 4.69) is 72.7 Å². The second-order valence-corrected chi connectivity index (χ2v) is 8.34. The van der Waals surface area contributed by atoms with Gasteiger partial charge in [0, 0.05) is 31.3 Å². The third-order valence-electron chi connectivity index (χ3n) is 6.67. The highest BCUT2D eigenvalue weighted by molar-refractivity contribution is 5.67. The maximum atomic E-state index is 10.2. The number of nitrogens with one attached hydrogen (secondary N) is 1. The van der Waals surface area contributed by atoms with Gasteiger partial charge >= 0.3 is 0 Å². The summed E-state index contributed by atoms with van der Waals surface area (Å²) in [5, 5.41) is 23.6. The van der Waals surface area contributed by atoms with E-state index in [1.54, 1.807) is 0 Å². The van der Waals surface area contributed by atoms with E-state index in [-0.39, 0.29) is 19.3 Å². The number of likely N-dealkylation sites (tertiary alicyclic amines) is 1. The highest BCUT2D eigenvalue weighted by atomic mass is 16.3. The second kappa shape index (κ2) is 7.36. The van der Waals surface area contributed by atoms with E-state index in [0.29, 0.717) is 18.3 Å². The maximum Gasteiger partial charge on any atom is 0.0617 e. The number of hydrogen-bond donors (Lipinski definition) is 3. The fourth-order valence-corrected chi connectivity index (χ4v) is 5.30. The van der Waals surface area contributed by atoms with E-state index in [9.17, 15) is 10.2 Å². The molecule has 0 aliphatic carbocycles. The summed E-state index contributed by atoms with van der Waals surface area (Å²) in [6, 6.07) is 17.5. The fraction of sp³-hybridized carbons (Fsp3) is 0.478. The first kappa shape index (κ1) is 18.6. The Morgan fingerprint density at radius 3 is 2.67 bits per heavy atom. The molecule has 144 valence electrons. The van der Waals surface area contributed by atoms with Crippen molar-refractivity contribution in [2.75, 3.05) is 33.4 Å². The summed E-state index contributed by atoms with van der Waals surface area (Å²) in [4.78, 5) is 2.36. The van der Waals surface area contributed by atoms with Crippen LogP contribution in [-0.4, -0.2) is 54.0 Å². The Balaban J connectivity index is 1.71. The molecular weight excluding hydrogens is 336 g/mol. The summed E-state index contributed by atoms with van der Waals surface area (Å²) >= 11 is 0. The van der Waals surface area contributed by atoms with Crippen LogP contribution < -0.4 is 5.32 Å². The van der Waals surface area contributed by atoms with Gasteiger partial charge in [0.25, 0.3) is 0 Å². The first-order valence-corrected chi connectivity index (χ1v) is 9.92. The van der Waals surface area contributed by atoms with Crippen LogP contribution in [0.3, 0.4) is 0 Å². The second-order valence-electron chi connectivity index (χ2n) is 8.34. The van der Waals surface area contributed by atoms with Crippen LogP contribution in [0.2, 0.25) is 0 Å². The number of hydrogen-bond acceptors (Lipinski definition) is 4. The van der Waals surface area contributed by atoms with Crippen LogP contribution >= 0.6 is 0 Å². The third-order valence-corrected chi connectivity index (χ3v) is 6.67. The summed E-state index contributed by atoms with van der Waals surface area (Å²) in [6.45, 7) is 4.29. The average Bonchev–Trinajstić information content (AvgIpc) is 3.19. The van der Waals surface area contributed by atoms with E-state index in [0.717, 1.165) is 13.1 Å². The first-order valence-electron chi connectivity index (χ1n) is 9.92. The molecular formula is C23H30N2O2. The Kier molecular flexibility index (Phi) is 5.08. The van der Waals surface area contributed by atoms with Crippen LogP contribution in [0, 0.1) is 18.8 Å². The SMILES string of the molecule is Cc1ccccc1-c1cccc([C@H]2N[C@](CO)(CCO)[C@H]3CN(C)C[C@@H]23)c1. The van der Waals surface area contributed by atoms with Crippen LogP contribution in [0.4, 0.5) is 0 Å². The van der Waals surface area contributed by atoms with Crippen molar-refractivity contribution in [3.63, 3.8) is 0 Å². The minimum atomic E-state index is -0.395. The molecule has 2 heterocycles. The summed E-state index contributed by atoms with van der Waals surface area (Å²) in [5.74, 6) is 0.799. The average molecular weight is 367 g/mol. The lowest BCUT2D eigenvalue weighted by Gasteiger charge is -2.33. The molecule has 0 aromatic heterocycles. The van der Waals surface area contributed by atoms with Gasteiger partial charge in [-0.2, -0.15) is 0 Å². The third kappa shape index (κ3) is 3.21. The van der Waals surface area contributed by atoms with Gasteiger partial charge in [-0.25, -0.2) is 0 Å². The van der Waals surface area contributed by atoms with E-state index in [1.165, 1.54) is 22.3 Å². The Labute approximate surface area is 161 Å². The summed E-state index contributed by atoms with van der Waals surface area (Å²) in [6.07, 6.45) is 0.590. The molecule has 4 rings (SSSR count). The van der Waals surface area contributed by atoms with Gasteiger partial charge in [0.2, 0.25) is 0 Å². The molecule has 4 heteroatoms. The molecule has 0 amide bonds. The molecule has 2 aromatic rings. The van der Waals surface area contributed by atoms with Crippen LogP contribution in [0.15, 0.2) is 48.5 Å². The molecule has 2 saturated heterocycles. The number of aliphatic hydroxyl groups is 2. The predicted molar refractivity (Wildman–Crippen MR) is 108 cm³/mol. The maximum absolute atomic E-state index is 10.2. The van der Waals surface area contributed by atoms with Gasteiger partial charge in [-0.1, -0.05) is 42.5 Å². The molecule has 4 atom stereocenters. The predicted octanol–water partition coefficient (Wildman–Crippen LogP) is 2.60. The number of benzene rings is 2. The van der Waals surface area contributed by atoms with E-state index in [4.69, 9.17) is 0 Å². The highest BCUT2D eigenvalue weighted by Gasteiger charge is 2.55. The number of fused-ring (bicyclic) bond motifs is 1. The summed E-state index contributed by atoms with van der Waals surface area (Å²) in [5.41, 5.74) is 4.65. The van der Waals surface area contributed by atoms with Gasteiger partial charge in [0.15, 0.2) is 0 Å². The molecule has 4 nitrogen and oxygen atoms in total. The molecule has 0 radical (unpaired) electrons. The van der Waals surface area contributed by atoms with Crippen molar-refractivity contribution in [1.29, 1.82) is 0 Å². The van der Waals surface area contributed by atoms with Gasteiger partial charge < -0.3 is 20.4 Å². The Bertz CT molecular complexity index is 808. The van der Waals surface area contributed by atoms with Crippen molar-refractivity contribution in [2.24, 2.45) is 11.8 Å². The van der Waals surface area contributed by atoms with Gasteiger partial charge in [-0.05, 0) is 60.5 Å². The Hall–Kier alpha value is -1.72. The van der Waals surface area contributed by atoms with E-state index >= 15 is 0 Å². The van der Waals surface area contributed by atoms with Gasteiger partial charge in [-0.15, -0.1) is 0 Å². The first-order chi connectivity index (χ1) is 13.1. The van der Waals surface area contributed by atoms with E-state index < -0.39 is 5.54 Å². The number of rotatable bonds is 5. The number of nitrogens with zero attached hydrogens (tertiary/aromatic N) is 1. The van der Waals surface area contributed by atoms with Crippen LogP contribution in [0.1, 0.15) is 23.6 Å². The normalized spacial score (nSPS) is 30.6. The van der Waals surface area contributed by atoms with Crippen molar-refractivity contribution in [3.05, 3.63) is 59.7 Å². The Morgan fingerprint density at radius 2 is 1.93 bits per heavy atom.